The fourth-order valence-corrected chi connectivity index (χ4v) is 3.82. The van der Waals surface area contributed by atoms with Gasteiger partial charge in [0.15, 0.2) is 5.82 Å². The quantitative estimate of drug-likeness (QED) is 0.866. The van der Waals surface area contributed by atoms with Crippen molar-refractivity contribution in [2.24, 2.45) is 5.41 Å². The van der Waals surface area contributed by atoms with Crippen molar-refractivity contribution in [3.8, 4) is 0 Å². The maximum Gasteiger partial charge on any atom is 0.338 e. The fraction of sp³-hybridized carbons (Fsp3) is 0.462. The van der Waals surface area contributed by atoms with E-state index in [1.807, 2.05) is 6.92 Å². The Balaban J connectivity index is 2.33. The first-order chi connectivity index (χ1) is 9.65. The number of aromatic carboxylic acids is 1. The van der Waals surface area contributed by atoms with E-state index in [2.05, 4.69) is 4.72 Å². The second kappa shape index (κ2) is 5.55. The molecular formula is C13H15ClFNO4S. The number of halogens is 2. The molecule has 1 saturated carbocycles. The molecular weight excluding hydrogens is 321 g/mol. The normalized spacial score (nSPS) is 17.3. The standard InChI is InChI=1S/C13H15ClFNO4S/c1-13(3-2-4-13)7-16-21(19,20)10-6-8(14)5-9(11(10)15)12(17)18/h5-6,16H,2-4,7H2,1H3,(H,17,18). The van der Waals surface area contributed by atoms with Gasteiger partial charge in [0.05, 0.1) is 5.56 Å². The average Bonchev–Trinajstić information content (AvgIpc) is 2.36. The summed E-state index contributed by atoms with van der Waals surface area (Å²) in [6.45, 7) is 2.12. The molecule has 0 aliphatic heterocycles. The number of hydrogen-bond donors (Lipinski definition) is 2. The summed E-state index contributed by atoms with van der Waals surface area (Å²) in [7, 11) is -4.15. The second-order valence-electron chi connectivity index (χ2n) is 5.56. The SMILES string of the molecule is CC1(CNS(=O)(=O)c2cc(Cl)cc(C(=O)O)c2F)CCC1. The van der Waals surface area contributed by atoms with E-state index in [0.29, 0.717) is 0 Å². The molecule has 0 saturated heterocycles. The highest BCUT2D eigenvalue weighted by molar-refractivity contribution is 7.89. The van der Waals surface area contributed by atoms with Crippen LogP contribution >= 0.6 is 11.6 Å². The minimum atomic E-state index is -4.15. The van der Waals surface area contributed by atoms with Gasteiger partial charge in [0.2, 0.25) is 10.0 Å². The molecule has 116 valence electrons. The van der Waals surface area contributed by atoms with E-state index >= 15 is 0 Å². The Morgan fingerprint density at radius 3 is 2.57 bits per heavy atom. The topological polar surface area (TPSA) is 83.5 Å². The van der Waals surface area contributed by atoms with E-state index in [0.717, 1.165) is 31.4 Å². The maximum absolute atomic E-state index is 14.1. The van der Waals surface area contributed by atoms with E-state index in [-0.39, 0.29) is 17.0 Å². The molecule has 2 N–H and O–H groups in total. The van der Waals surface area contributed by atoms with Crippen molar-refractivity contribution in [1.82, 2.24) is 4.72 Å². The highest BCUT2D eigenvalue weighted by Gasteiger charge is 2.34. The van der Waals surface area contributed by atoms with Gasteiger partial charge < -0.3 is 5.11 Å². The van der Waals surface area contributed by atoms with Gasteiger partial charge >= 0.3 is 5.97 Å². The highest BCUT2D eigenvalue weighted by Crippen LogP contribution is 2.39. The van der Waals surface area contributed by atoms with Crippen LogP contribution in [0.3, 0.4) is 0 Å². The lowest BCUT2D eigenvalue weighted by Gasteiger charge is -2.38. The van der Waals surface area contributed by atoms with Gasteiger partial charge in [-0.05, 0) is 30.4 Å². The van der Waals surface area contributed by atoms with Gasteiger partial charge in [-0.2, -0.15) is 0 Å². The van der Waals surface area contributed by atoms with Crippen molar-refractivity contribution >= 4 is 27.6 Å². The van der Waals surface area contributed by atoms with Crippen LogP contribution in [0.4, 0.5) is 4.39 Å². The third-order valence-corrected chi connectivity index (χ3v) is 5.39. The van der Waals surface area contributed by atoms with Crippen LogP contribution in [0.1, 0.15) is 36.5 Å². The molecule has 0 bridgehead atoms. The van der Waals surface area contributed by atoms with Crippen molar-refractivity contribution in [2.75, 3.05) is 6.54 Å². The molecule has 0 atom stereocenters. The molecule has 0 unspecified atom stereocenters. The first kappa shape index (κ1) is 16.2. The summed E-state index contributed by atoms with van der Waals surface area (Å²) in [5, 5.41) is 8.72. The molecule has 1 aliphatic rings. The number of carbonyl (C=O) groups is 1. The Bertz CT molecular complexity index is 686. The van der Waals surface area contributed by atoms with Crippen molar-refractivity contribution in [3.05, 3.63) is 28.5 Å². The average molecular weight is 336 g/mol. The summed E-state index contributed by atoms with van der Waals surface area (Å²) in [5.74, 6) is -2.88. The Morgan fingerprint density at radius 1 is 1.48 bits per heavy atom. The predicted molar refractivity (Wildman–Crippen MR) is 75.5 cm³/mol. The van der Waals surface area contributed by atoms with Crippen molar-refractivity contribution in [2.45, 2.75) is 31.1 Å². The van der Waals surface area contributed by atoms with E-state index in [1.54, 1.807) is 0 Å². The third kappa shape index (κ3) is 3.36. The lowest BCUT2D eigenvalue weighted by Crippen LogP contribution is -2.40. The summed E-state index contributed by atoms with van der Waals surface area (Å²) >= 11 is 5.68. The lowest BCUT2D eigenvalue weighted by molar-refractivity contribution is 0.0691. The van der Waals surface area contributed by atoms with Crippen LogP contribution in [0.5, 0.6) is 0 Å². The second-order valence-corrected chi connectivity index (χ2v) is 7.73. The molecule has 5 nitrogen and oxygen atoms in total. The van der Waals surface area contributed by atoms with Gasteiger partial charge in [-0.1, -0.05) is 24.9 Å². The number of hydrogen-bond acceptors (Lipinski definition) is 3. The largest absolute Gasteiger partial charge is 0.478 e. The molecule has 0 spiro atoms. The minimum absolute atomic E-state index is 0.127. The Hall–Kier alpha value is -1.18. The van der Waals surface area contributed by atoms with Gasteiger partial charge in [-0.15, -0.1) is 0 Å². The smallest absolute Gasteiger partial charge is 0.338 e. The molecule has 1 aromatic carbocycles. The van der Waals surface area contributed by atoms with Gasteiger partial charge in [0.1, 0.15) is 4.90 Å². The Morgan fingerprint density at radius 2 is 2.10 bits per heavy atom. The zero-order chi connectivity index (χ0) is 15.8. The van der Waals surface area contributed by atoms with Gasteiger partial charge in [-0.3, -0.25) is 0 Å². The van der Waals surface area contributed by atoms with E-state index < -0.39 is 32.3 Å². The van der Waals surface area contributed by atoms with Crippen LogP contribution in [0.25, 0.3) is 0 Å². The zero-order valence-corrected chi connectivity index (χ0v) is 12.9. The maximum atomic E-state index is 14.1. The number of sulfonamides is 1. The summed E-state index contributed by atoms with van der Waals surface area (Å²) < 4.78 is 40.7. The van der Waals surface area contributed by atoms with Crippen LogP contribution in [0, 0.1) is 11.2 Å². The Kier molecular flexibility index (Phi) is 4.28. The molecule has 2 rings (SSSR count). The minimum Gasteiger partial charge on any atom is -0.478 e. The van der Waals surface area contributed by atoms with Gasteiger partial charge in [0.25, 0.3) is 0 Å². The van der Waals surface area contributed by atoms with Crippen molar-refractivity contribution in [3.63, 3.8) is 0 Å². The molecule has 1 aliphatic carbocycles. The van der Waals surface area contributed by atoms with Crippen LogP contribution in [0.15, 0.2) is 17.0 Å². The first-order valence-corrected chi connectivity index (χ1v) is 8.23. The molecule has 1 aromatic rings. The van der Waals surface area contributed by atoms with Gasteiger partial charge in [0, 0.05) is 11.6 Å². The zero-order valence-electron chi connectivity index (χ0n) is 11.3. The van der Waals surface area contributed by atoms with E-state index in [4.69, 9.17) is 16.7 Å². The van der Waals surface area contributed by atoms with Gasteiger partial charge in [-0.25, -0.2) is 22.3 Å². The van der Waals surface area contributed by atoms with Crippen molar-refractivity contribution in [1.29, 1.82) is 0 Å². The van der Waals surface area contributed by atoms with Crippen molar-refractivity contribution < 1.29 is 22.7 Å². The predicted octanol–water partition coefficient (Wildman–Crippen LogP) is 2.65. The van der Waals surface area contributed by atoms with E-state index in [1.165, 1.54) is 0 Å². The monoisotopic (exact) mass is 335 g/mol. The molecule has 0 aromatic heterocycles. The molecule has 0 heterocycles. The van der Waals surface area contributed by atoms with Crippen LogP contribution in [-0.2, 0) is 10.0 Å². The number of benzene rings is 1. The molecule has 0 amide bonds. The summed E-state index contributed by atoms with van der Waals surface area (Å²) in [5.41, 5.74) is -0.893. The summed E-state index contributed by atoms with van der Waals surface area (Å²) in [6, 6.07) is 1.79. The van der Waals surface area contributed by atoms with E-state index in [9.17, 15) is 17.6 Å². The number of carboxylic acid groups (broad SMARTS) is 1. The van der Waals surface area contributed by atoms with Crippen LogP contribution in [0.2, 0.25) is 5.02 Å². The number of rotatable bonds is 5. The number of nitrogens with one attached hydrogen (secondary N) is 1. The third-order valence-electron chi connectivity index (χ3n) is 3.77. The molecule has 21 heavy (non-hydrogen) atoms. The fourth-order valence-electron chi connectivity index (χ4n) is 2.22. The lowest BCUT2D eigenvalue weighted by atomic mass is 9.71. The molecule has 0 radical (unpaired) electrons. The first-order valence-electron chi connectivity index (χ1n) is 6.37. The molecule has 8 heteroatoms. The van der Waals surface area contributed by atoms with Crippen LogP contribution in [-0.4, -0.2) is 26.0 Å². The summed E-state index contributed by atoms with van der Waals surface area (Å²) in [6.07, 6.45) is 2.83. The summed E-state index contributed by atoms with van der Waals surface area (Å²) in [4.78, 5) is 10.2. The highest BCUT2D eigenvalue weighted by atomic mass is 35.5. The number of carboxylic acids is 1. The molecule has 1 fully saturated rings. The Labute approximate surface area is 127 Å². The van der Waals surface area contributed by atoms with Crippen LogP contribution < -0.4 is 4.72 Å².